The third kappa shape index (κ3) is 5.85. The Hall–Kier alpha value is -2.40. The highest BCUT2D eigenvalue weighted by Crippen LogP contribution is 2.27. The average Bonchev–Trinajstić information content (AvgIpc) is 3.31. The van der Waals surface area contributed by atoms with E-state index in [1.807, 2.05) is 37.3 Å². The van der Waals surface area contributed by atoms with E-state index in [4.69, 9.17) is 4.74 Å². The Morgan fingerprint density at radius 1 is 1.16 bits per heavy atom. The molecule has 166 valence electrons. The van der Waals surface area contributed by atoms with Crippen LogP contribution in [0.25, 0.3) is 0 Å². The molecule has 2 aliphatic rings. The van der Waals surface area contributed by atoms with Gasteiger partial charge in [0.25, 0.3) is 5.91 Å². The highest BCUT2D eigenvalue weighted by molar-refractivity contribution is 5.94. The summed E-state index contributed by atoms with van der Waals surface area (Å²) < 4.78 is 6.26. The first kappa shape index (κ1) is 21.8. The van der Waals surface area contributed by atoms with Crippen LogP contribution in [-0.2, 0) is 6.42 Å². The van der Waals surface area contributed by atoms with Gasteiger partial charge in [0.2, 0.25) is 0 Å². The topological polar surface area (TPSA) is 54.5 Å². The Bertz CT molecular complexity index is 870. The maximum atomic E-state index is 12.8. The lowest BCUT2D eigenvalue weighted by Gasteiger charge is -2.36. The first-order valence-electron chi connectivity index (χ1n) is 11.8. The van der Waals surface area contributed by atoms with Gasteiger partial charge >= 0.3 is 0 Å². The van der Waals surface area contributed by atoms with Gasteiger partial charge in [0.05, 0.1) is 0 Å². The summed E-state index contributed by atoms with van der Waals surface area (Å²) >= 11 is 0. The summed E-state index contributed by atoms with van der Waals surface area (Å²) in [6.07, 6.45) is 10.4. The van der Waals surface area contributed by atoms with E-state index in [0.29, 0.717) is 12.0 Å². The molecule has 1 saturated carbocycles. The molecule has 1 N–H and O–H groups in total. The molecule has 4 rings (SSSR count). The van der Waals surface area contributed by atoms with Crippen LogP contribution in [0.4, 0.5) is 0 Å². The Kier molecular flexibility index (Phi) is 7.23. The fourth-order valence-electron chi connectivity index (χ4n) is 4.91. The van der Waals surface area contributed by atoms with Gasteiger partial charge in [0, 0.05) is 49.0 Å². The van der Waals surface area contributed by atoms with Crippen LogP contribution in [0.2, 0.25) is 0 Å². The number of hydrogen-bond acceptors (Lipinski definition) is 4. The molecule has 1 saturated heterocycles. The maximum absolute atomic E-state index is 12.8. The Morgan fingerprint density at radius 3 is 2.68 bits per heavy atom. The molecule has 1 unspecified atom stereocenters. The second kappa shape index (κ2) is 10.3. The molecule has 31 heavy (non-hydrogen) atoms. The van der Waals surface area contributed by atoms with Crippen LogP contribution in [0.3, 0.4) is 0 Å². The number of aryl methyl sites for hydroxylation is 1. The molecule has 1 aliphatic carbocycles. The van der Waals surface area contributed by atoms with E-state index in [2.05, 4.69) is 28.2 Å². The van der Waals surface area contributed by atoms with Crippen LogP contribution >= 0.6 is 0 Å². The van der Waals surface area contributed by atoms with Crippen LogP contribution in [0.15, 0.2) is 42.6 Å². The minimum Gasteiger partial charge on any atom is -0.490 e. The van der Waals surface area contributed by atoms with Gasteiger partial charge in [-0.25, -0.2) is 0 Å². The average molecular weight is 422 g/mol. The summed E-state index contributed by atoms with van der Waals surface area (Å²) in [7, 11) is 0. The zero-order valence-corrected chi connectivity index (χ0v) is 18.8. The number of hydrogen-bond donors (Lipinski definition) is 1. The Balaban J connectivity index is 1.28. The van der Waals surface area contributed by atoms with Crippen molar-refractivity contribution < 1.29 is 9.53 Å². The van der Waals surface area contributed by atoms with Crippen molar-refractivity contribution in [2.75, 3.05) is 13.1 Å². The van der Waals surface area contributed by atoms with E-state index >= 15 is 0 Å². The van der Waals surface area contributed by atoms with E-state index in [0.717, 1.165) is 49.0 Å². The van der Waals surface area contributed by atoms with Crippen molar-refractivity contribution in [2.24, 2.45) is 0 Å². The number of carbonyl (C=O) groups is 1. The molecular weight excluding hydrogens is 386 g/mol. The van der Waals surface area contributed by atoms with Crippen molar-refractivity contribution in [3.05, 3.63) is 59.4 Å². The SMILES string of the molecule is Cc1cccnc1CC(C)NC(=O)c1cccc(OC2CCN(C3CCCC3)CC2)c1. The van der Waals surface area contributed by atoms with Crippen LogP contribution in [-0.4, -0.2) is 47.1 Å². The van der Waals surface area contributed by atoms with Gasteiger partial charge in [-0.2, -0.15) is 0 Å². The van der Waals surface area contributed by atoms with E-state index < -0.39 is 0 Å². The quantitative estimate of drug-likeness (QED) is 0.713. The minimum absolute atomic E-state index is 0.00518. The summed E-state index contributed by atoms with van der Waals surface area (Å²) in [5.41, 5.74) is 2.82. The van der Waals surface area contributed by atoms with Gasteiger partial charge in [-0.3, -0.25) is 9.78 Å². The third-order valence-electron chi connectivity index (χ3n) is 6.71. The standard InChI is InChI=1S/C26H35N3O2/c1-19-7-6-14-27-25(19)17-20(2)28-26(30)21-8-5-11-24(18-21)31-23-12-15-29(16-13-23)22-9-3-4-10-22/h5-8,11,14,18,20,22-23H,3-4,9-10,12-13,15-17H2,1-2H3,(H,28,30). The van der Waals surface area contributed by atoms with Crippen molar-refractivity contribution in [3.8, 4) is 5.75 Å². The first-order valence-corrected chi connectivity index (χ1v) is 11.8. The van der Waals surface area contributed by atoms with Gasteiger partial charge in [-0.05, 0) is 69.4 Å². The van der Waals surface area contributed by atoms with Crippen molar-refractivity contribution in [2.45, 2.75) is 77.0 Å². The number of pyridine rings is 1. The fourth-order valence-corrected chi connectivity index (χ4v) is 4.91. The third-order valence-corrected chi connectivity index (χ3v) is 6.71. The molecule has 5 heteroatoms. The highest BCUT2D eigenvalue weighted by Gasteiger charge is 2.27. The van der Waals surface area contributed by atoms with Crippen molar-refractivity contribution in [3.63, 3.8) is 0 Å². The molecule has 2 fully saturated rings. The molecule has 1 amide bonds. The Morgan fingerprint density at radius 2 is 1.94 bits per heavy atom. The molecule has 0 bridgehead atoms. The van der Waals surface area contributed by atoms with Crippen LogP contribution in [0.1, 0.15) is 67.1 Å². The number of nitrogens with one attached hydrogen (secondary N) is 1. The van der Waals surface area contributed by atoms with Gasteiger partial charge in [-0.1, -0.05) is 25.0 Å². The summed E-state index contributed by atoms with van der Waals surface area (Å²) in [5, 5.41) is 3.10. The summed E-state index contributed by atoms with van der Waals surface area (Å²) in [4.78, 5) is 19.9. The first-order chi connectivity index (χ1) is 15.1. The monoisotopic (exact) mass is 421 g/mol. The molecular formula is C26H35N3O2. The van der Waals surface area contributed by atoms with Crippen LogP contribution < -0.4 is 10.1 Å². The van der Waals surface area contributed by atoms with Crippen molar-refractivity contribution >= 4 is 5.91 Å². The minimum atomic E-state index is -0.0670. The van der Waals surface area contributed by atoms with Gasteiger partial charge in [0.1, 0.15) is 11.9 Å². The van der Waals surface area contributed by atoms with E-state index in [1.165, 1.54) is 25.7 Å². The molecule has 1 aromatic heterocycles. The molecule has 0 spiro atoms. The van der Waals surface area contributed by atoms with Crippen molar-refractivity contribution in [1.29, 1.82) is 0 Å². The molecule has 1 aliphatic heterocycles. The molecule has 2 aromatic rings. The lowest BCUT2D eigenvalue weighted by molar-refractivity contribution is 0.0765. The van der Waals surface area contributed by atoms with E-state index in [-0.39, 0.29) is 18.1 Å². The molecule has 1 aromatic carbocycles. The van der Waals surface area contributed by atoms with Gasteiger partial charge < -0.3 is 15.0 Å². The second-order valence-electron chi connectivity index (χ2n) is 9.16. The normalized spacial score (nSPS) is 19.3. The predicted molar refractivity (Wildman–Crippen MR) is 124 cm³/mol. The van der Waals surface area contributed by atoms with Crippen LogP contribution in [0, 0.1) is 6.92 Å². The lowest BCUT2D eigenvalue weighted by atomic mass is 10.0. The number of piperidine rings is 1. The number of nitrogens with zero attached hydrogens (tertiary/aromatic N) is 2. The highest BCUT2D eigenvalue weighted by atomic mass is 16.5. The lowest BCUT2D eigenvalue weighted by Crippen LogP contribution is -2.43. The zero-order valence-electron chi connectivity index (χ0n) is 18.8. The number of ether oxygens (including phenoxy) is 1. The largest absolute Gasteiger partial charge is 0.490 e. The number of rotatable bonds is 7. The summed E-state index contributed by atoms with van der Waals surface area (Å²) in [5.74, 6) is 0.725. The van der Waals surface area contributed by atoms with Crippen molar-refractivity contribution in [1.82, 2.24) is 15.2 Å². The fraction of sp³-hybridized carbons (Fsp3) is 0.538. The molecule has 2 heterocycles. The number of benzene rings is 1. The zero-order chi connectivity index (χ0) is 21.6. The van der Waals surface area contributed by atoms with Crippen LogP contribution in [0.5, 0.6) is 5.75 Å². The molecule has 5 nitrogen and oxygen atoms in total. The molecule has 0 radical (unpaired) electrons. The maximum Gasteiger partial charge on any atom is 0.251 e. The van der Waals surface area contributed by atoms with Gasteiger partial charge in [-0.15, -0.1) is 0 Å². The summed E-state index contributed by atoms with van der Waals surface area (Å²) in [6.45, 7) is 6.32. The number of likely N-dealkylation sites (tertiary alicyclic amines) is 1. The second-order valence-corrected chi connectivity index (χ2v) is 9.16. The number of carbonyl (C=O) groups excluding carboxylic acids is 1. The Labute approximate surface area is 186 Å². The van der Waals surface area contributed by atoms with E-state index in [9.17, 15) is 4.79 Å². The van der Waals surface area contributed by atoms with Gasteiger partial charge in [0.15, 0.2) is 0 Å². The number of aromatic nitrogens is 1. The molecule has 1 atom stereocenters. The predicted octanol–water partition coefficient (Wildman–Crippen LogP) is 4.54. The number of amides is 1. The summed E-state index contributed by atoms with van der Waals surface area (Å²) in [6, 6.07) is 12.4. The van der Waals surface area contributed by atoms with E-state index in [1.54, 1.807) is 6.20 Å². The smallest absolute Gasteiger partial charge is 0.251 e.